The molecule has 1 N–H and O–H groups in total. The fourth-order valence-corrected chi connectivity index (χ4v) is 3.56. The zero-order chi connectivity index (χ0) is 10.3. The van der Waals surface area contributed by atoms with Crippen molar-refractivity contribution < 1.29 is 4.74 Å². The predicted molar refractivity (Wildman–Crippen MR) is 65.2 cm³/mol. The predicted octanol–water partition coefficient (Wildman–Crippen LogP) is 2.95. The molecule has 0 radical (unpaired) electrons. The van der Waals surface area contributed by atoms with Crippen LogP contribution in [0.4, 0.5) is 0 Å². The van der Waals surface area contributed by atoms with Crippen LogP contribution in [-0.4, -0.2) is 19.2 Å². The summed E-state index contributed by atoms with van der Waals surface area (Å²) in [6.45, 7) is 1.99. The van der Waals surface area contributed by atoms with Gasteiger partial charge in [0.1, 0.15) is 6.10 Å². The summed E-state index contributed by atoms with van der Waals surface area (Å²) in [6.07, 6.45) is 3.42. The van der Waals surface area contributed by atoms with E-state index in [0.717, 1.165) is 19.0 Å². The van der Waals surface area contributed by atoms with Gasteiger partial charge in [0.05, 0.1) is 6.10 Å². The first-order valence-electron chi connectivity index (χ1n) is 5.43. The minimum absolute atomic E-state index is 0.264. The molecular formula is C11H14BrNOS. The summed E-state index contributed by atoms with van der Waals surface area (Å²) in [5.41, 5.74) is 0. The van der Waals surface area contributed by atoms with E-state index < -0.39 is 0 Å². The van der Waals surface area contributed by atoms with Gasteiger partial charge in [-0.15, -0.1) is 11.3 Å². The Balaban J connectivity index is 1.70. The first kappa shape index (κ1) is 10.3. The van der Waals surface area contributed by atoms with Crippen LogP contribution in [0.5, 0.6) is 0 Å². The second-order valence-corrected chi connectivity index (χ2v) is 6.18. The highest BCUT2D eigenvalue weighted by molar-refractivity contribution is 9.10. The summed E-state index contributed by atoms with van der Waals surface area (Å²) >= 11 is 5.27. The van der Waals surface area contributed by atoms with Gasteiger partial charge in [-0.1, -0.05) is 0 Å². The minimum atomic E-state index is 0.264. The first-order valence-corrected chi connectivity index (χ1v) is 7.10. The molecule has 2 unspecified atom stereocenters. The van der Waals surface area contributed by atoms with Crippen molar-refractivity contribution in [2.75, 3.05) is 13.1 Å². The molecule has 1 aliphatic heterocycles. The second kappa shape index (κ2) is 4.17. The van der Waals surface area contributed by atoms with Gasteiger partial charge in [-0.25, -0.2) is 0 Å². The number of rotatable bonds is 2. The molecule has 1 saturated heterocycles. The van der Waals surface area contributed by atoms with Gasteiger partial charge in [-0.3, -0.25) is 0 Å². The van der Waals surface area contributed by atoms with Crippen LogP contribution in [0.3, 0.4) is 0 Å². The highest BCUT2D eigenvalue weighted by Crippen LogP contribution is 2.38. The van der Waals surface area contributed by atoms with Crippen LogP contribution in [0.25, 0.3) is 0 Å². The maximum atomic E-state index is 6.14. The van der Waals surface area contributed by atoms with Crippen molar-refractivity contribution in [1.29, 1.82) is 0 Å². The standard InChI is InChI=1S/C11H14BrNOS/c12-8-3-11(15-6-8)10-5-13-4-9(14-10)7-1-2-7/h3,6-7,9-10,13H,1-2,4-5H2. The summed E-state index contributed by atoms with van der Waals surface area (Å²) in [4.78, 5) is 1.33. The molecule has 0 spiro atoms. The summed E-state index contributed by atoms with van der Waals surface area (Å²) in [5.74, 6) is 0.823. The van der Waals surface area contributed by atoms with Crippen LogP contribution in [-0.2, 0) is 4.74 Å². The number of halogens is 1. The molecule has 1 aromatic rings. The molecule has 82 valence electrons. The van der Waals surface area contributed by atoms with Gasteiger partial charge in [-0.2, -0.15) is 0 Å². The van der Waals surface area contributed by atoms with E-state index in [9.17, 15) is 0 Å². The van der Waals surface area contributed by atoms with Crippen molar-refractivity contribution in [2.24, 2.45) is 5.92 Å². The van der Waals surface area contributed by atoms with Gasteiger partial charge >= 0.3 is 0 Å². The summed E-state index contributed by atoms with van der Waals surface area (Å²) < 4.78 is 7.30. The van der Waals surface area contributed by atoms with Crippen LogP contribution < -0.4 is 5.32 Å². The van der Waals surface area contributed by atoms with Gasteiger partial charge in [-0.05, 0) is 40.8 Å². The van der Waals surface area contributed by atoms with Gasteiger partial charge in [0.25, 0.3) is 0 Å². The highest BCUT2D eigenvalue weighted by Gasteiger charge is 2.36. The van der Waals surface area contributed by atoms with E-state index >= 15 is 0 Å². The van der Waals surface area contributed by atoms with Crippen LogP contribution in [0.1, 0.15) is 23.8 Å². The Morgan fingerprint density at radius 3 is 2.93 bits per heavy atom. The van der Waals surface area contributed by atoms with E-state index in [1.54, 1.807) is 11.3 Å². The smallest absolute Gasteiger partial charge is 0.105 e. The van der Waals surface area contributed by atoms with Crippen molar-refractivity contribution in [3.05, 3.63) is 20.8 Å². The molecule has 1 aliphatic carbocycles. The molecule has 2 nitrogen and oxygen atoms in total. The third-order valence-electron chi connectivity index (χ3n) is 3.07. The number of ether oxygens (including phenoxy) is 1. The summed E-state index contributed by atoms with van der Waals surface area (Å²) in [7, 11) is 0. The fourth-order valence-electron chi connectivity index (χ4n) is 2.07. The molecule has 3 rings (SSSR count). The van der Waals surface area contributed by atoms with E-state index in [2.05, 4.69) is 32.7 Å². The van der Waals surface area contributed by atoms with Crippen molar-refractivity contribution in [3.8, 4) is 0 Å². The zero-order valence-electron chi connectivity index (χ0n) is 8.41. The molecular weight excluding hydrogens is 274 g/mol. The normalized spacial score (nSPS) is 31.8. The average Bonchev–Trinajstić information content (AvgIpc) is 3.02. The van der Waals surface area contributed by atoms with Crippen molar-refractivity contribution in [2.45, 2.75) is 25.0 Å². The zero-order valence-corrected chi connectivity index (χ0v) is 10.8. The van der Waals surface area contributed by atoms with Gasteiger partial charge in [0.2, 0.25) is 0 Å². The minimum Gasteiger partial charge on any atom is -0.367 e. The molecule has 1 aromatic heterocycles. The summed E-state index contributed by atoms with van der Waals surface area (Å²) in [5, 5.41) is 5.60. The van der Waals surface area contributed by atoms with Crippen LogP contribution in [0.2, 0.25) is 0 Å². The molecule has 0 aromatic carbocycles. The SMILES string of the molecule is Brc1csc(C2CNCC(C3CC3)O2)c1. The number of hydrogen-bond donors (Lipinski definition) is 1. The lowest BCUT2D eigenvalue weighted by Crippen LogP contribution is -2.41. The van der Waals surface area contributed by atoms with E-state index in [-0.39, 0.29) is 6.10 Å². The van der Waals surface area contributed by atoms with Crippen molar-refractivity contribution in [3.63, 3.8) is 0 Å². The molecule has 2 aliphatic rings. The fraction of sp³-hybridized carbons (Fsp3) is 0.636. The molecule has 0 bridgehead atoms. The van der Waals surface area contributed by atoms with Crippen LogP contribution >= 0.6 is 27.3 Å². The molecule has 2 fully saturated rings. The Morgan fingerprint density at radius 2 is 2.27 bits per heavy atom. The lowest BCUT2D eigenvalue weighted by atomic mass is 10.1. The Bertz CT molecular complexity index is 350. The Hall–Kier alpha value is 0.1000. The molecule has 4 heteroatoms. The van der Waals surface area contributed by atoms with Crippen molar-refractivity contribution >= 4 is 27.3 Å². The van der Waals surface area contributed by atoms with Crippen LogP contribution in [0.15, 0.2) is 15.9 Å². The third-order valence-corrected chi connectivity index (χ3v) is 4.85. The molecule has 0 amide bonds. The van der Waals surface area contributed by atoms with Gasteiger partial charge in [0, 0.05) is 27.8 Å². The maximum absolute atomic E-state index is 6.14. The Labute approximate surface area is 102 Å². The summed E-state index contributed by atoms with van der Waals surface area (Å²) in [6, 6.07) is 2.17. The lowest BCUT2D eigenvalue weighted by Gasteiger charge is -2.30. The number of nitrogens with one attached hydrogen (secondary N) is 1. The number of hydrogen-bond acceptors (Lipinski definition) is 3. The molecule has 15 heavy (non-hydrogen) atoms. The van der Waals surface area contributed by atoms with Crippen LogP contribution in [0, 0.1) is 5.92 Å². The third kappa shape index (κ3) is 2.28. The van der Waals surface area contributed by atoms with Crippen molar-refractivity contribution in [1.82, 2.24) is 5.32 Å². The van der Waals surface area contributed by atoms with Gasteiger partial charge < -0.3 is 10.1 Å². The quantitative estimate of drug-likeness (QED) is 0.903. The van der Waals surface area contributed by atoms with E-state index in [1.165, 1.54) is 22.2 Å². The largest absolute Gasteiger partial charge is 0.367 e. The topological polar surface area (TPSA) is 21.3 Å². The first-order chi connectivity index (χ1) is 7.33. The lowest BCUT2D eigenvalue weighted by molar-refractivity contribution is -0.0476. The molecule has 1 saturated carbocycles. The number of morpholine rings is 1. The number of thiophene rings is 1. The Kier molecular flexibility index (Phi) is 2.85. The Morgan fingerprint density at radius 1 is 1.40 bits per heavy atom. The average molecular weight is 288 g/mol. The monoisotopic (exact) mass is 287 g/mol. The van der Waals surface area contributed by atoms with E-state index in [4.69, 9.17) is 4.74 Å². The van der Waals surface area contributed by atoms with E-state index in [1.807, 2.05) is 0 Å². The second-order valence-electron chi connectivity index (χ2n) is 4.33. The van der Waals surface area contributed by atoms with E-state index in [0.29, 0.717) is 6.10 Å². The molecule has 2 atom stereocenters. The van der Waals surface area contributed by atoms with Gasteiger partial charge in [0.15, 0.2) is 0 Å². The maximum Gasteiger partial charge on any atom is 0.105 e. The molecule has 2 heterocycles. The highest BCUT2D eigenvalue weighted by atomic mass is 79.9.